The van der Waals surface area contributed by atoms with Crippen LogP contribution in [0.4, 0.5) is 0 Å². The standard InChI is InChI=1S/C24H28ClN5O2S/c1-24(2,29-12-14-32-15-13-29)17-26-21(31)16-33-23-28-27-22(18-8-10-19(25)11-9-18)30(23)20-6-4-3-5-7-20/h3-11H,12-17H2,1-2H3,(H,26,31). The number of hydrogen-bond acceptors (Lipinski definition) is 6. The maximum absolute atomic E-state index is 12.7. The molecule has 0 radical (unpaired) electrons. The monoisotopic (exact) mass is 485 g/mol. The number of ether oxygens (including phenoxy) is 1. The summed E-state index contributed by atoms with van der Waals surface area (Å²) in [4.78, 5) is 15.0. The largest absolute Gasteiger partial charge is 0.379 e. The lowest BCUT2D eigenvalue weighted by Gasteiger charge is -2.40. The smallest absolute Gasteiger partial charge is 0.230 e. The number of benzene rings is 2. The van der Waals surface area contributed by atoms with Crippen molar-refractivity contribution < 1.29 is 9.53 Å². The SMILES string of the molecule is CC(C)(CNC(=O)CSc1nnc(-c2ccc(Cl)cc2)n1-c1ccccc1)N1CCOCC1. The van der Waals surface area contributed by atoms with Gasteiger partial charge in [-0.25, -0.2) is 0 Å². The fraction of sp³-hybridized carbons (Fsp3) is 0.375. The molecule has 2 aromatic carbocycles. The van der Waals surface area contributed by atoms with E-state index in [-0.39, 0.29) is 17.2 Å². The fourth-order valence-electron chi connectivity index (χ4n) is 3.74. The molecule has 3 aromatic rings. The van der Waals surface area contributed by atoms with Crippen molar-refractivity contribution in [1.29, 1.82) is 0 Å². The number of nitrogens with zero attached hydrogens (tertiary/aromatic N) is 4. The molecule has 0 saturated carbocycles. The molecule has 4 rings (SSSR count). The maximum atomic E-state index is 12.7. The third-order valence-corrected chi connectivity index (χ3v) is 6.85. The number of hydrogen-bond donors (Lipinski definition) is 1. The van der Waals surface area contributed by atoms with E-state index in [9.17, 15) is 4.79 Å². The van der Waals surface area contributed by atoms with Crippen LogP contribution >= 0.6 is 23.4 Å². The number of nitrogens with one attached hydrogen (secondary N) is 1. The van der Waals surface area contributed by atoms with E-state index in [1.807, 2.05) is 59.2 Å². The van der Waals surface area contributed by atoms with Crippen LogP contribution in [0.5, 0.6) is 0 Å². The van der Waals surface area contributed by atoms with Gasteiger partial charge in [-0.3, -0.25) is 14.3 Å². The number of amides is 1. The minimum Gasteiger partial charge on any atom is -0.379 e. The van der Waals surface area contributed by atoms with Crippen LogP contribution in [0.1, 0.15) is 13.8 Å². The minimum absolute atomic E-state index is 0.0306. The third kappa shape index (κ3) is 5.95. The Kier molecular flexibility index (Phi) is 7.70. The van der Waals surface area contributed by atoms with Crippen LogP contribution < -0.4 is 5.32 Å². The summed E-state index contributed by atoms with van der Waals surface area (Å²) in [5.74, 6) is 0.927. The summed E-state index contributed by atoms with van der Waals surface area (Å²) in [6.07, 6.45) is 0. The zero-order valence-electron chi connectivity index (χ0n) is 18.8. The Bertz CT molecular complexity index is 1070. The van der Waals surface area contributed by atoms with Gasteiger partial charge in [0.1, 0.15) is 0 Å². The molecule has 0 spiro atoms. The topological polar surface area (TPSA) is 72.3 Å². The van der Waals surface area contributed by atoms with E-state index in [1.54, 1.807) is 0 Å². The van der Waals surface area contributed by atoms with Crippen LogP contribution in [0.25, 0.3) is 17.1 Å². The van der Waals surface area contributed by atoms with Gasteiger partial charge in [0.2, 0.25) is 5.91 Å². The average Bonchev–Trinajstić information content (AvgIpc) is 3.27. The van der Waals surface area contributed by atoms with Gasteiger partial charge in [-0.1, -0.05) is 41.6 Å². The first-order chi connectivity index (χ1) is 15.9. The normalized spacial score (nSPS) is 14.9. The van der Waals surface area contributed by atoms with E-state index in [2.05, 4.69) is 34.3 Å². The number of para-hydroxylation sites is 1. The van der Waals surface area contributed by atoms with Crippen LogP contribution in [0.15, 0.2) is 59.8 Å². The number of thioether (sulfide) groups is 1. The Morgan fingerprint density at radius 1 is 1.09 bits per heavy atom. The Morgan fingerprint density at radius 3 is 2.48 bits per heavy atom. The predicted octanol–water partition coefficient (Wildman–Crippen LogP) is 3.91. The van der Waals surface area contributed by atoms with Crippen molar-refractivity contribution in [3.05, 3.63) is 59.6 Å². The molecule has 1 aliphatic rings. The summed E-state index contributed by atoms with van der Waals surface area (Å²) in [6, 6.07) is 17.4. The fourth-order valence-corrected chi connectivity index (χ4v) is 4.64. The van der Waals surface area contributed by atoms with Crippen LogP contribution in [0.3, 0.4) is 0 Å². The Hall–Kier alpha value is -2.39. The second-order valence-corrected chi connectivity index (χ2v) is 9.84. The molecule has 1 saturated heterocycles. The molecule has 174 valence electrons. The van der Waals surface area contributed by atoms with E-state index < -0.39 is 0 Å². The molecular weight excluding hydrogens is 458 g/mol. The van der Waals surface area contributed by atoms with Gasteiger partial charge >= 0.3 is 0 Å². The highest BCUT2D eigenvalue weighted by atomic mass is 35.5. The number of morpholine rings is 1. The van der Waals surface area contributed by atoms with Crippen molar-refractivity contribution in [3.63, 3.8) is 0 Å². The number of carbonyl (C=O) groups excluding carboxylic acids is 1. The molecule has 1 amide bonds. The highest BCUT2D eigenvalue weighted by Gasteiger charge is 2.28. The summed E-state index contributed by atoms with van der Waals surface area (Å²) >= 11 is 7.43. The summed E-state index contributed by atoms with van der Waals surface area (Å²) < 4.78 is 7.41. The molecule has 2 heterocycles. The molecule has 33 heavy (non-hydrogen) atoms. The van der Waals surface area contributed by atoms with Crippen molar-refractivity contribution in [2.75, 3.05) is 38.6 Å². The molecule has 1 N–H and O–H groups in total. The first-order valence-corrected chi connectivity index (χ1v) is 12.3. The van der Waals surface area contributed by atoms with E-state index in [0.717, 1.165) is 37.6 Å². The quantitative estimate of drug-likeness (QED) is 0.488. The first-order valence-electron chi connectivity index (χ1n) is 10.9. The van der Waals surface area contributed by atoms with Crippen molar-refractivity contribution >= 4 is 29.3 Å². The summed E-state index contributed by atoms with van der Waals surface area (Å²) in [6.45, 7) is 8.10. The summed E-state index contributed by atoms with van der Waals surface area (Å²) in [5.41, 5.74) is 1.71. The van der Waals surface area contributed by atoms with Gasteiger partial charge in [0, 0.05) is 41.4 Å². The second-order valence-electron chi connectivity index (χ2n) is 8.46. The number of aromatic nitrogens is 3. The van der Waals surface area contributed by atoms with Crippen molar-refractivity contribution in [3.8, 4) is 17.1 Å². The highest BCUT2D eigenvalue weighted by molar-refractivity contribution is 7.99. The molecule has 0 unspecified atom stereocenters. The second kappa shape index (κ2) is 10.7. The van der Waals surface area contributed by atoms with E-state index in [0.29, 0.717) is 22.5 Å². The van der Waals surface area contributed by atoms with Gasteiger partial charge in [-0.15, -0.1) is 10.2 Å². The molecule has 7 nitrogen and oxygen atoms in total. The summed E-state index contributed by atoms with van der Waals surface area (Å²) in [7, 11) is 0. The molecule has 9 heteroatoms. The third-order valence-electron chi connectivity index (χ3n) is 5.67. The van der Waals surface area contributed by atoms with Crippen LogP contribution in [0.2, 0.25) is 5.02 Å². The molecule has 0 aliphatic carbocycles. The van der Waals surface area contributed by atoms with E-state index in [1.165, 1.54) is 11.8 Å². The lowest BCUT2D eigenvalue weighted by atomic mass is 10.0. The molecule has 1 fully saturated rings. The Labute approximate surface area is 203 Å². The Morgan fingerprint density at radius 2 is 1.79 bits per heavy atom. The van der Waals surface area contributed by atoms with Crippen LogP contribution in [-0.4, -0.2) is 69.7 Å². The number of halogens is 1. The van der Waals surface area contributed by atoms with Crippen LogP contribution in [0, 0.1) is 0 Å². The van der Waals surface area contributed by atoms with Crippen molar-refractivity contribution in [2.24, 2.45) is 0 Å². The zero-order valence-corrected chi connectivity index (χ0v) is 20.4. The molecule has 0 bridgehead atoms. The lowest BCUT2D eigenvalue weighted by Crippen LogP contribution is -2.55. The van der Waals surface area contributed by atoms with Gasteiger partial charge in [0.05, 0.1) is 19.0 Å². The molecule has 1 aromatic heterocycles. The lowest BCUT2D eigenvalue weighted by molar-refractivity contribution is -0.119. The van der Waals surface area contributed by atoms with Gasteiger partial charge in [-0.05, 0) is 50.2 Å². The Balaban J connectivity index is 1.45. The van der Waals surface area contributed by atoms with Gasteiger partial charge in [0.25, 0.3) is 0 Å². The van der Waals surface area contributed by atoms with E-state index in [4.69, 9.17) is 16.3 Å². The number of carbonyl (C=O) groups is 1. The van der Waals surface area contributed by atoms with Crippen molar-refractivity contribution in [1.82, 2.24) is 25.0 Å². The minimum atomic E-state index is -0.129. The van der Waals surface area contributed by atoms with Crippen molar-refractivity contribution in [2.45, 2.75) is 24.5 Å². The average molecular weight is 486 g/mol. The molecule has 1 aliphatic heterocycles. The van der Waals surface area contributed by atoms with Gasteiger partial charge in [-0.2, -0.15) is 0 Å². The van der Waals surface area contributed by atoms with Gasteiger partial charge in [0.15, 0.2) is 11.0 Å². The van der Waals surface area contributed by atoms with Crippen LogP contribution in [-0.2, 0) is 9.53 Å². The van der Waals surface area contributed by atoms with E-state index >= 15 is 0 Å². The predicted molar refractivity (Wildman–Crippen MR) is 132 cm³/mol. The maximum Gasteiger partial charge on any atom is 0.230 e. The molecule has 0 atom stereocenters. The summed E-state index contributed by atoms with van der Waals surface area (Å²) in [5, 5.41) is 13.2. The number of rotatable bonds is 8. The molecular formula is C24H28ClN5O2S. The van der Waals surface area contributed by atoms with Gasteiger partial charge < -0.3 is 10.1 Å². The highest BCUT2D eigenvalue weighted by Crippen LogP contribution is 2.28. The first kappa shape index (κ1) is 23.8. The zero-order chi connectivity index (χ0) is 23.3.